The van der Waals surface area contributed by atoms with Crippen molar-refractivity contribution in [2.24, 2.45) is 0 Å². The van der Waals surface area contributed by atoms with Crippen LogP contribution in [0.25, 0.3) is 0 Å². The highest BCUT2D eigenvalue weighted by Gasteiger charge is 2.26. The highest BCUT2D eigenvalue weighted by atomic mass is 35.5. The van der Waals surface area contributed by atoms with Crippen molar-refractivity contribution in [1.29, 1.82) is 0 Å². The number of aromatic carboxylic acids is 1. The van der Waals surface area contributed by atoms with Crippen LogP contribution in [0.15, 0.2) is 54.6 Å². The number of esters is 1. The lowest BCUT2D eigenvalue weighted by Gasteiger charge is -2.34. The predicted octanol–water partition coefficient (Wildman–Crippen LogP) is 5.98. The molecular formula is C39H40Cl2N2O12. The van der Waals surface area contributed by atoms with Gasteiger partial charge in [-0.25, -0.2) is 9.59 Å². The highest BCUT2D eigenvalue weighted by molar-refractivity contribution is 6.30. The Morgan fingerprint density at radius 1 is 0.855 bits per heavy atom. The van der Waals surface area contributed by atoms with Gasteiger partial charge in [0.25, 0.3) is 5.91 Å². The zero-order valence-corrected chi connectivity index (χ0v) is 32.0. The van der Waals surface area contributed by atoms with E-state index in [9.17, 15) is 34.5 Å². The fourth-order valence-electron chi connectivity index (χ4n) is 5.94. The van der Waals surface area contributed by atoms with Crippen molar-refractivity contribution < 1.29 is 58.2 Å². The Kier molecular flexibility index (Phi) is 14.2. The maximum absolute atomic E-state index is 12.6. The maximum Gasteiger partial charge on any atom is 0.347 e. The Bertz CT molecular complexity index is 2070. The van der Waals surface area contributed by atoms with E-state index in [1.807, 2.05) is 17.0 Å². The molecule has 0 aliphatic carbocycles. The summed E-state index contributed by atoms with van der Waals surface area (Å²) in [5, 5.41) is 30.1. The molecular weight excluding hydrogens is 759 g/mol. The number of rotatable bonds is 10. The summed E-state index contributed by atoms with van der Waals surface area (Å²) >= 11 is 5.85. The molecule has 4 aromatic rings. The number of carbonyl (C=O) groups excluding carboxylic acids is 3. The van der Waals surface area contributed by atoms with Crippen LogP contribution in [0.1, 0.15) is 53.3 Å². The molecule has 2 aliphatic heterocycles. The quantitative estimate of drug-likeness (QED) is 0.0970. The van der Waals surface area contributed by atoms with Crippen LogP contribution in [0.4, 0.5) is 0 Å². The Morgan fingerprint density at radius 2 is 1.51 bits per heavy atom. The highest BCUT2D eigenvalue weighted by Crippen LogP contribution is 2.37. The number of nitrogens with zero attached hydrogens (tertiary/aromatic N) is 2. The average Bonchev–Trinajstić information content (AvgIpc) is 3.62. The summed E-state index contributed by atoms with van der Waals surface area (Å²) in [6.45, 7) is 8.59. The lowest BCUT2D eigenvalue weighted by atomic mass is 10.0. The number of carboxylic acid groups (broad SMARTS) is 1. The fourth-order valence-corrected chi connectivity index (χ4v) is 6.06. The van der Waals surface area contributed by atoms with Gasteiger partial charge in [0.05, 0.1) is 12.7 Å². The largest absolute Gasteiger partial charge is 0.507 e. The molecule has 16 heteroatoms. The van der Waals surface area contributed by atoms with Gasteiger partial charge in [0, 0.05) is 43.3 Å². The number of halogens is 2. The molecule has 1 amide bonds. The second kappa shape index (κ2) is 18.6. The van der Waals surface area contributed by atoms with Crippen LogP contribution in [-0.4, -0.2) is 95.9 Å². The Labute approximate surface area is 328 Å². The van der Waals surface area contributed by atoms with E-state index in [1.54, 1.807) is 24.3 Å². The van der Waals surface area contributed by atoms with Gasteiger partial charge < -0.3 is 43.9 Å². The number of carboxylic acids is 1. The first kappa shape index (κ1) is 42.0. The van der Waals surface area contributed by atoms with Gasteiger partial charge in [-0.05, 0) is 86.0 Å². The second-order valence-electron chi connectivity index (χ2n) is 12.5. The maximum atomic E-state index is 12.6. The number of piperazine rings is 1. The first-order chi connectivity index (χ1) is 25.8. The number of phenolic OH excluding ortho intramolecular Hbond substituents is 1. The smallest absolute Gasteiger partial charge is 0.347 e. The van der Waals surface area contributed by atoms with Crippen LogP contribution in [0.5, 0.6) is 40.2 Å². The molecule has 0 saturated carbocycles. The van der Waals surface area contributed by atoms with Crippen LogP contribution in [0.3, 0.4) is 0 Å². The van der Waals surface area contributed by atoms with Crippen molar-refractivity contribution in [2.45, 2.75) is 27.3 Å². The van der Waals surface area contributed by atoms with E-state index >= 15 is 0 Å². The molecule has 292 valence electrons. The summed E-state index contributed by atoms with van der Waals surface area (Å²) in [5.41, 5.74) is 0.878. The summed E-state index contributed by atoms with van der Waals surface area (Å²) in [7, 11) is 1.31. The topological polar surface area (TPSA) is 182 Å². The third-order valence-corrected chi connectivity index (χ3v) is 9.16. The number of benzene rings is 4. The number of amides is 1. The van der Waals surface area contributed by atoms with E-state index in [0.717, 1.165) is 31.1 Å². The SMILES string of the molecule is COc1cc(C)c(C(=O)Oc2cc(C)c(O)c(C(=O)O)c2C)c(O)c1C=O.Cl.O=C(COc1ccc(Cl)cc1)N1CCN(Cc2ccc3c(c2)OCO3)CC1. The van der Waals surface area contributed by atoms with Crippen molar-refractivity contribution in [3.05, 3.63) is 98.6 Å². The molecule has 2 heterocycles. The number of ether oxygens (including phenoxy) is 5. The number of carbonyl (C=O) groups is 4. The second-order valence-corrected chi connectivity index (χ2v) is 12.9. The van der Waals surface area contributed by atoms with E-state index in [4.69, 9.17) is 35.3 Å². The number of methoxy groups -OCH3 is 1. The van der Waals surface area contributed by atoms with E-state index in [0.29, 0.717) is 35.7 Å². The molecule has 0 bridgehead atoms. The minimum atomic E-state index is -1.38. The number of hydrogen-bond acceptors (Lipinski definition) is 12. The van der Waals surface area contributed by atoms with Crippen molar-refractivity contribution >= 4 is 48.1 Å². The zero-order chi connectivity index (χ0) is 39.1. The van der Waals surface area contributed by atoms with Gasteiger partial charge in [-0.2, -0.15) is 0 Å². The normalized spacial score (nSPS) is 13.1. The number of hydrogen-bond donors (Lipinski definition) is 3. The van der Waals surface area contributed by atoms with E-state index < -0.39 is 23.4 Å². The molecule has 0 aromatic heterocycles. The van der Waals surface area contributed by atoms with Crippen LogP contribution in [0, 0.1) is 20.8 Å². The molecule has 55 heavy (non-hydrogen) atoms. The first-order valence-electron chi connectivity index (χ1n) is 16.7. The first-order valence-corrected chi connectivity index (χ1v) is 17.1. The van der Waals surface area contributed by atoms with Crippen molar-refractivity contribution in [1.82, 2.24) is 9.80 Å². The molecule has 1 fully saturated rings. The van der Waals surface area contributed by atoms with Gasteiger partial charge in [-0.15, -0.1) is 12.4 Å². The number of aromatic hydroxyl groups is 2. The van der Waals surface area contributed by atoms with E-state index in [2.05, 4.69) is 11.0 Å². The van der Waals surface area contributed by atoms with Crippen LogP contribution < -0.4 is 23.7 Å². The molecule has 0 atom stereocenters. The number of aryl methyl sites for hydroxylation is 2. The van der Waals surface area contributed by atoms with Crippen molar-refractivity contribution in [3.63, 3.8) is 0 Å². The number of fused-ring (bicyclic) bond motifs is 1. The number of aldehydes is 1. The number of phenols is 2. The third kappa shape index (κ3) is 9.89. The molecule has 2 aliphatic rings. The lowest BCUT2D eigenvalue weighted by molar-refractivity contribution is -0.135. The minimum absolute atomic E-state index is 0. The average molecular weight is 800 g/mol. The summed E-state index contributed by atoms with van der Waals surface area (Å²) in [5.74, 6) is -1.11. The standard InChI is InChI=1S/C20H21ClN2O4.C19H18O8.ClH/c21-16-2-4-17(5-3-16)25-13-20(24)23-9-7-22(8-10-23)12-15-1-6-18-19(11-15)27-14-26-18;1-8-5-13(26-4)11(7-20)17(22)14(8)19(25)27-12-6-9(2)16(21)15(10(12)3)18(23)24;/h1-6,11H,7-10,12-14H2;5-7,21-22H,1-4H3,(H,23,24);1H. The van der Waals surface area contributed by atoms with Crippen molar-refractivity contribution in [2.75, 3.05) is 46.7 Å². The molecule has 6 rings (SSSR count). The molecule has 0 spiro atoms. The zero-order valence-electron chi connectivity index (χ0n) is 30.4. The predicted molar refractivity (Wildman–Crippen MR) is 203 cm³/mol. The van der Waals surface area contributed by atoms with E-state index in [1.165, 1.54) is 45.6 Å². The Hall–Kier alpha value is -5.70. The van der Waals surface area contributed by atoms with E-state index in [-0.39, 0.29) is 71.0 Å². The molecule has 0 unspecified atom stereocenters. The van der Waals surface area contributed by atoms with Crippen molar-refractivity contribution in [3.8, 4) is 40.2 Å². The van der Waals surface area contributed by atoms with Gasteiger partial charge in [-0.3, -0.25) is 14.5 Å². The summed E-state index contributed by atoms with van der Waals surface area (Å²) in [6, 6.07) is 15.8. The van der Waals surface area contributed by atoms with Crippen LogP contribution in [0.2, 0.25) is 5.02 Å². The fraction of sp³-hybridized carbons (Fsp3) is 0.282. The molecule has 3 N–H and O–H groups in total. The van der Waals surface area contributed by atoms with Gasteiger partial charge in [0.15, 0.2) is 24.4 Å². The molecule has 0 radical (unpaired) electrons. The lowest BCUT2D eigenvalue weighted by Crippen LogP contribution is -2.49. The summed E-state index contributed by atoms with van der Waals surface area (Å²) < 4.78 is 26.6. The molecule has 14 nitrogen and oxygen atoms in total. The summed E-state index contributed by atoms with van der Waals surface area (Å²) in [6.07, 6.45) is 0.350. The monoisotopic (exact) mass is 798 g/mol. The third-order valence-electron chi connectivity index (χ3n) is 8.90. The van der Waals surface area contributed by atoms with Gasteiger partial charge in [0.2, 0.25) is 6.79 Å². The molecule has 1 saturated heterocycles. The Balaban J connectivity index is 0.000000240. The minimum Gasteiger partial charge on any atom is -0.507 e. The molecule has 4 aromatic carbocycles. The van der Waals surface area contributed by atoms with Gasteiger partial charge in [-0.1, -0.05) is 17.7 Å². The van der Waals surface area contributed by atoms with Crippen LogP contribution >= 0.6 is 24.0 Å². The van der Waals surface area contributed by atoms with Gasteiger partial charge >= 0.3 is 11.9 Å². The van der Waals surface area contributed by atoms with Crippen LogP contribution in [-0.2, 0) is 11.3 Å². The Morgan fingerprint density at radius 3 is 2.15 bits per heavy atom. The van der Waals surface area contributed by atoms with Gasteiger partial charge in [0.1, 0.15) is 39.9 Å². The summed E-state index contributed by atoms with van der Waals surface area (Å²) in [4.78, 5) is 51.7.